The lowest BCUT2D eigenvalue weighted by atomic mass is 9.92. The summed E-state index contributed by atoms with van der Waals surface area (Å²) in [6.45, 7) is 2.37. The van der Waals surface area contributed by atoms with Crippen molar-refractivity contribution in [2.45, 2.75) is 51.0 Å². The predicted molar refractivity (Wildman–Crippen MR) is 92.1 cm³/mol. The van der Waals surface area contributed by atoms with Gasteiger partial charge in [-0.15, -0.1) is 0 Å². The lowest BCUT2D eigenvalue weighted by molar-refractivity contribution is 0.0802. The van der Waals surface area contributed by atoms with Crippen LogP contribution < -0.4 is 0 Å². The van der Waals surface area contributed by atoms with Gasteiger partial charge in [-0.25, -0.2) is 0 Å². The molecule has 0 N–H and O–H groups in total. The molecule has 0 amide bonds. The summed E-state index contributed by atoms with van der Waals surface area (Å²) in [6.07, 6.45) is 8.44. The number of nitrogens with zero attached hydrogens (tertiary/aromatic N) is 4. The average Bonchev–Trinajstić information content (AvgIpc) is 3.34. The quantitative estimate of drug-likeness (QED) is 0.778. The van der Waals surface area contributed by atoms with Crippen LogP contribution in [-0.2, 0) is 6.54 Å². The number of rotatable bonds is 5. The van der Waals surface area contributed by atoms with Gasteiger partial charge in [-0.1, -0.05) is 24.1 Å². The van der Waals surface area contributed by atoms with Crippen LogP contribution in [-0.4, -0.2) is 38.9 Å². The zero-order valence-electron chi connectivity index (χ0n) is 14.4. The van der Waals surface area contributed by atoms with Crippen molar-refractivity contribution in [1.29, 1.82) is 0 Å². The van der Waals surface area contributed by atoms with Crippen LogP contribution in [0.3, 0.4) is 0 Å². The van der Waals surface area contributed by atoms with Crippen molar-refractivity contribution in [2.75, 3.05) is 13.1 Å². The van der Waals surface area contributed by atoms with Gasteiger partial charge in [0.25, 0.3) is 0 Å². The van der Waals surface area contributed by atoms with Crippen LogP contribution in [0.1, 0.15) is 66.6 Å². The Balaban J connectivity index is 1.37. The number of carbonyl (C=O) groups is 1. The second-order valence-corrected chi connectivity index (χ2v) is 7.18. The number of piperidine rings is 1. The number of carbonyl (C=O) groups excluding carboxylic acids is 1. The van der Waals surface area contributed by atoms with Gasteiger partial charge in [0.05, 0.1) is 6.54 Å². The normalized spacial score (nSPS) is 22.3. The number of Topliss-reactive ketones (excluding diaryl/α,β-unsaturated/α-hetero) is 1. The molecule has 0 spiro atoms. The molecule has 132 valence electrons. The highest BCUT2D eigenvalue weighted by molar-refractivity contribution is 5.96. The van der Waals surface area contributed by atoms with E-state index in [0.29, 0.717) is 18.2 Å². The molecule has 2 aromatic heterocycles. The van der Waals surface area contributed by atoms with Gasteiger partial charge in [0.2, 0.25) is 5.89 Å². The van der Waals surface area contributed by atoms with Crippen LogP contribution in [0.25, 0.3) is 0 Å². The Morgan fingerprint density at radius 1 is 1.20 bits per heavy atom. The third kappa shape index (κ3) is 3.79. The van der Waals surface area contributed by atoms with E-state index in [0.717, 1.165) is 50.5 Å². The first-order chi connectivity index (χ1) is 12.3. The van der Waals surface area contributed by atoms with Crippen LogP contribution in [0, 0.1) is 5.92 Å². The second-order valence-electron chi connectivity index (χ2n) is 7.18. The lowest BCUT2D eigenvalue weighted by Crippen LogP contribution is -2.38. The molecule has 0 radical (unpaired) electrons. The molecule has 3 heterocycles. The van der Waals surface area contributed by atoms with Crippen molar-refractivity contribution in [3.05, 3.63) is 41.8 Å². The number of aromatic nitrogens is 3. The standard InChI is InChI=1S/C19H24N4O2/c24-18(16-9-3-4-10-20-16)15-8-5-11-23(12-15)13-17-21-19(25-22-17)14-6-1-2-7-14/h3-4,9-10,14-15H,1-2,5-8,11-13H2/t15-/m0/s1. The van der Waals surface area contributed by atoms with E-state index in [1.165, 1.54) is 12.8 Å². The molecule has 4 rings (SSSR count). The molecular formula is C19H24N4O2. The summed E-state index contributed by atoms with van der Waals surface area (Å²) in [5.41, 5.74) is 0.567. The van der Waals surface area contributed by atoms with E-state index in [9.17, 15) is 4.79 Å². The van der Waals surface area contributed by atoms with E-state index < -0.39 is 0 Å². The van der Waals surface area contributed by atoms with E-state index in [4.69, 9.17) is 4.52 Å². The fourth-order valence-corrected chi connectivity index (χ4v) is 4.00. The van der Waals surface area contributed by atoms with Crippen molar-refractivity contribution in [3.8, 4) is 0 Å². The average molecular weight is 340 g/mol. The predicted octanol–water partition coefficient (Wildman–Crippen LogP) is 3.22. The Bertz CT molecular complexity index is 709. The number of likely N-dealkylation sites (tertiary alicyclic amines) is 1. The van der Waals surface area contributed by atoms with Crippen LogP contribution in [0.5, 0.6) is 0 Å². The van der Waals surface area contributed by atoms with Crippen molar-refractivity contribution < 1.29 is 9.32 Å². The van der Waals surface area contributed by atoms with Gasteiger partial charge in [-0.3, -0.25) is 14.7 Å². The maximum atomic E-state index is 12.6. The topological polar surface area (TPSA) is 72.1 Å². The smallest absolute Gasteiger partial charge is 0.229 e. The van der Waals surface area contributed by atoms with Gasteiger partial charge in [0.1, 0.15) is 5.69 Å². The lowest BCUT2D eigenvalue weighted by Gasteiger charge is -2.30. The van der Waals surface area contributed by atoms with Crippen molar-refractivity contribution in [3.63, 3.8) is 0 Å². The number of pyridine rings is 1. The Kier molecular flexibility index (Phi) is 4.88. The van der Waals surface area contributed by atoms with Crippen LogP contribution in [0.4, 0.5) is 0 Å². The summed E-state index contributed by atoms with van der Waals surface area (Å²) < 4.78 is 5.47. The molecule has 2 fully saturated rings. The highest BCUT2D eigenvalue weighted by atomic mass is 16.5. The van der Waals surface area contributed by atoms with E-state index in [1.807, 2.05) is 12.1 Å². The van der Waals surface area contributed by atoms with Crippen molar-refractivity contribution in [2.24, 2.45) is 5.92 Å². The molecule has 1 saturated heterocycles. The summed E-state index contributed by atoms with van der Waals surface area (Å²) >= 11 is 0. The minimum absolute atomic E-state index is 0.00449. The largest absolute Gasteiger partial charge is 0.339 e. The number of ketones is 1. The second kappa shape index (κ2) is 7.44. The zero-order valence-corrected chi connectivity index (χ0v) is 14.4. The van der Waals surface area contributed by atoms with Gasteiger partial charge >= 0.3 is 0 Å². The Morgan fingerprint density at radius 3 is 2.88 bits per heavy atom. The number of hydrogen-bond acceptors (Lipinski definition) is 6. The molecule has 2 aromatic rings. The van der Waals surface area contributed by atoms with Crippen LogP contribution >= 0.6 is 0 Å². The van der Waals surface area contributed by atoms with Gasteiger partial charge in [-0.2, -0.15) is 4.98 Å². The van der Waals surface area contributed by atoms with Gasteiger partial charge in [0.15, 0.2) is 11.6 Å². The minimum atomic E-state index is 0.00449. The van der Waals surface area contributed by atoms with E-state index in [-0.39, 0.29) is 11.7 Å². The van der Waals surface area contributed by atoms with Crippen molar-refractivity contribution >= 4 is 5.78 Å². The molecule has 1 aliphatic carbocycles. The summed E-state index contributed by atoms with van der Waals surface area (Å²) in [5.74, 6) is 2.13. The van der Waals surface area contributed by atoms with E-state index >= 15 is 0 Å². The van der Waals surface area contributed by atoms with Crippen LogP contribution in [0.2, 0.25) is 0 Å². The molecular weight excluding hydrogens is 316 g/mol. The maximum Gasteiger partial charge on any atom is 0.229 e. The monoisotopic (exact) mass is 340 g/mol. The molecule has 0 aromatic carbocycles. The van der Waals surface area contributed by atoms with Gasteiger partial charge < -0.3 is 4.52 Å². The molecule has 6 heteroatoms. The molecule has 2 aliphatic rings. The SMILES string of the molecule is O=C(c1ccccn1)[C@H]1CCCN(Cc2noc(C3CCCC3)n2)C1. The maximum absolute atomic E-state index is 12.6. The molecule has 0 unspecified atom stereocenters. The summed E-state index contributed by atoms with van der Waals surface area (Å²) in [4.78, 5) is 23.7. The third-order valence-corrected chi connectivity index (χ3v) is 5.35. The number of hydrogen-bond donors (Lipinski definition) is 0. The highest BCUT2D eigenvalue weighted by Crippen LogP contribution is 2.33. The van der Waals surface area contributed by atoms with Crippen LogP contribution in [0.15, 0.2) is 28.9 Å². The van der Waals surface area contributed by atoms with E-state index in [1.54, 1.807) is 12.3 Å². The summed E-state index contributed by atoms with van der Waals surface area (Å²) in [6, 6.07) is 5.50. The first-order valence-electron chi connectivity index (χ1n) is 9.29. The Hall–Kier alpha value is -2.08. The summed E-state index contributed by atoms with van der Waals surface area (Å²) in [7, 11) is 0. The zero-order chi connectivity index (χ0) is 17.1. The van der Waals surface area contributed by atoms with E-state index in [2.05, 4.69) is 20.0 Å². The van der Waals surface area contributed by atoms with Gasteiger partial charge in [0, 0.05) is 24.6 Å². The van der Waals surface area contributed by atoms with Crippen molar-refractivity contribution in [1.82, 2.24) is 20.0 Å². The molecule has 1 saturated carbocycles. The summed E-state index contributed by atoms with van der Waals surface area (Å²) in [5, 5.41) is 4.16. The third-order valence-electron chi connectivity index (χ3n) is 5.35. The minimum Gasteiger partial charge on any atom is -0.339 e. The molecule has 1 atom stereocenters. The molecule has 25 heavy (non-hydrogen) atoms. The Labute approximate surface area is 147 Å². The highest BCUT2D eigenvalue weighted by Gasteiger charge is 2.28. The fourth-order valence-electron chi connectivity index (χ4n) is 4.00. The first kappa shape index (κ1) is 16.4. The Morgan fingerprint density at radius 2 is 2.08 bits per heavy atom. The van der Waals surface area contributed by atoms with Gasteiger partial charge in [-0.05, 0) is 44.4 Å². The first-order valence-corrected chi connectivity index (χ1v) is 9.29. The molecule has 1 aliphatic heterocycles. The molecule has 6 nitrogen and oxygen atoms in total. The fraction of sp³-hybridized carbons (Fsp3) is 0.579. The molecule has 0 bridgehead atoms.